The molecule has 0 radical (unpaired) electrons. The normalized spacial score (nSPS) is 23.5. The zero-order valence-corrected chi connectivity index (χ0v) is 5.88. The number of nitriles is 1. The Morgan fingerprint density at radius 2 is 1.70 bits per heavy atom. The summed E-state index contributed by atoms with van der Waals surface area (Å²) in [5.74, 6) is 1.40. The van der Waals surface area contributed by atoms with Gasteiger partial charge in [-0.1, -0.05) is 0 Å². The van der Waals surface area contributed by atoms with Crippen LogP contribution in [0.15, 0.2) is 4.99 Å². The number of hydrogen-bond donors (Lipinski definition) is 0. The van der Waals surface area contributed by atoms with Crippen LogP contribution in [0.4, 0.5) is 0 Å². The minimum Gasteiger partial charge on any atom is -0.182 e. The van der Waals surface area contributed by atoms with Crippen LogP contribution in [0, 0.1) is 23.3 Å². The third-order valence-electron chi connectivity index (χ3n) is 2.17. The summed E-state index contributed by atoms with van der Waals surface area (Å²) >= 11 is 0. The van der Waals surface area contributed by atoms with E-state index in [0.717, 1.165) is 0 Å². The fourth-order valence-corrected chi connectivity index (χ4v) is 1.33. The third-order valence-corrected chi connectivity index (χ3v) is 2.17. The van der Waals surface area contributed by atoms with Gasteiger partial charge in [-0.3, -0.25) is 0 Å². The van der Waals surface area contributed by atoms with Crippen LogP contribution in [0.3, 0.4) is 0 Å². The molecule has 10 heavy (non-hydrogen) atoms. The van der Waals surface area contributed by atoms with Gasteiger partial charge in [0.15, 0.2) is 0 Å². The van der Waals surface area contributed by atoms with Gasteiger partial charge >= 0.3 is 0 Å². The maximum absolute atomic E-state index is 8.35. The Kier molecular flexibility index (Phi) is 1.23. The summed E-state index contributed by atoms with van der Waals surface area (Å²) in [5, 5.41) is 8.35. The Morgan fingerprint density at radius 1 is 1.20 bits per heavy atom. The van der Waals surface area contributed by atoms with Crippen LogP contribution in [0.25, 0.3) is 0 Å². The summed E-state index contributed by atoms with van der Waals surface area (Å²) in [6.07, 6.45) is 7.00. The molecule has 2 aliphatic carbocycles. The van der Waals surface area contributed by atoms with Gasteiger partial charge in [0.25, 0.3) is 0 Å². The molecule has 0 bridgehead atoms. The van der Waals surface area contributed by atoms with Crippen molar-refractivity contribution in [2.75, 3.05) is 0 Å². The van der Waals surface area contributed by atoms with Crippen LogP contribution >= 0.6 is 0 Å². The number of hydrogen-bond acceptors (Lipinski definition) is 2. The molecular formula is C8H10N2. The molecule has 52 valence electrons. The van der Waals surface area contributed by atoms with Crippen LogP contribution in [0.2, 0.25) is 0 Å². The van der Waals surface area contributed by atoms with E-state index in [-0.39, 0.29) is 0 Å². The lowest BCUT2D eigenvalue weighted by atomic mass is 10.1. The van der Waals surface area contributed by atoms with E-state index in [1.54, 1.807) is 0 Å². The number of aliphatic imine (C=N–C) groups is 1. The molecule has 0 heterocycles. The van der Waals surface area contributed by atoms with Crippen molar-refractivity contribution in [1.82, 2.24) is 0 Å². The molecule has 0 amide bonds. The molecule has 2 aliphatic rings. The van der Waals surface area contributed by atoms with E-state index in [4.69, 9.17) is 5.26 Å². The average Bonchev–Trinajstić information content (AvgIpc) is 2.77. The van der Waals surface area contributed by atoms with Gasteiger partial charge in [0.1, 0.15) is 0 Å². The lowest BCUT2D eigenvalue weighted by Gasteiger charge is -1.95. The lowest BCUT2D eigenvalue weighted by molar-refractivity contribution is 1.04. The lowest BCUT2D eigenvalue weighted by Crippen LogP contribution is -2.02. The highest BCUT2D eigenvalue weighted by Crippen LogP contribution is 2.41. The molecule has 0 unspecified atom stereocenters. The predicted octanol–water partition coefficient (Wildman–Crippen LogP) is 1.73. The van der Waals surface area contributed by atoms with Gasteiger partial charge in [0.05, 0.1) is 0 Å². The third kappa shape index (κ3) is 1.04. The highest BCUT2D eigenvalue weighted by molar-refractivity contribution is 5.93. The van der Waals surface area contributed by atoms with Gasteiger partial charge in [-0.15, -0.1) is 0 Å². The van der Waals surface area contributed by atoms with Crippen LogP contribution in [-0.4, -0.2) is 5.71 Å². The zero-order chi connectivity index (χ0) is 6.97. The fourth-order valence-electron chi connectivity index (χ4n) is 1.33. The molecule has 2 saturated carbocycles. The molecule has 2 rings (SSSR count). The van der Waals surface area contributed by atoms with Crippen molar-refractivity contribution in [1.29, 1.82) is 5.26 Å². The summed E-state index contributed by atoms with van der Waals surface area (Å²) in [6.45, 7) is 0. The van der Waals surface area contributed by atoms with Crippen molar-refractivity contribution in [3.05, 3.63) is 0 Å². The van der Waals surface area contributed by atoms with Crippen molar-refractivity contribution in [2.24, 2.45) is 16.8 Å². The molecule has 0 atom stereocenters. The van der Waals surface area contributed by atoms with Crippen LogP contribution in [0.5, 0.6) is 0 Å². The standard InChI is InChI=1S/C8H10N2/c9-5-10-8(6-1-2-6)7-3-4-7/h6-7H,1-4H2. The molecule has 0 aliphatic heterocycles. The summed E-state index contributed by atoms with van der Waals surface area (Å²) in [5.41, 5.74) is 1.21. The molecule has 0 aromatic carbocycles. The SMILES string of the molecule is N#CN=C(C1CC1)C1CC1. The zero-order valence-electron chi connectivity index (χ0n) is 5.88. The summed E-state index contributed by atoms with van der Waals surface area (Å²) in [6, 6.07) is 0. The van der Waals surface area contributed by atoms with E-state index >= 15 is 0 Å². The predicted molar refractivity (Wildman–Crippen MR) is 38.5 cm³/mol. The van der Waals surface area contributed by atoms with Crippen LogP contribution in [0.1, 0.15) is 25.7 Å². The van der Waals surface area contributed by atoms with Crippen LogP contribution < -0.4 is 0 Å². The van der Waals surface area contributed by atoms with Crippen molar-refractivity contribution >= 4 is 5.71 Å². The molecule has 2 nitrogen and oxygen atoms in total. The second kappa shape index (κ2) is 2.09. The summed E-state index contributed by atoms with van der Waals surface area (Å²) in [7, 11) is 0. The minimum atomic E-state index is 0.701. The summed E-state index contributed by atoms with van der Waals surface area (Å²) in [4.78, 5) is 3.87. The second-order valence-corrected chi connectivity index (χ2v) is 3.19. The van der Waals surface area contributed by atoms with E-state index in [1.165, 1.54) is 31.4 Å². The molecule has 2 fully saturated rings. The average molecular weight is 134 g/mol. The second-order valence-electron chi connectivity index (χ2n) is 3.19. The first-order valence-electron chi connectivity index (χ1n) is 3.88. The molecule has 0 saturated heterocycles. The van der Waals surface area contributed by atoms with Gasteiger partial charge in [-0.25, -0.2) is 0 Å². The minimum absolute atomic E-state index is 0.701. The quantitative estimate of drug-likeness (QED) is 0.418. The molecule has 0 aromatic rings. The molecule has 0 N–H and O–H groups in total. The van der Waals surface area contributed by atoms with E-state index in [0.29, 0.717) is 11.8 Å². The highest BCUT2D eigenvalue weighted by Gasteiger charge is 2.37. The van der Waals surface area contributed by atoms with Crippen LogP contribution in [-0.2, 0) is 0 Å². The fraction of sp³-hybridized carbons (Fsp3) is 0.750. The monoisotopic (exact) mass is 134 g/mol. The Hall–Kier alpha value is -0.840. The first kappa shape index (κ1) is 5.91. The maximum Gasteiger partial charge on any atom is 0.205 e. The van der Waals surface area contributed by atoms with E-state index in [1.807, 2.05) is 6.19 Å². The Balaban J connectivity index is 2.06. The smallest absolute Gasteiger partial charge is 0.182 e. The Bertz CT molecular complexity index is 190. The molecule has 0 aromatic heterocycles. The maximum atomic E-state index is 8.35. The van der Waals surface area contributed by atoms with Gasteiger partial charge in [-0.05, 0) is 37.5 Å². The van der Waals surface area contributed by atoms with E-state index in [2.05, 4.69) is 4.99 Å². The number of nitrogens with zero attached hydrogens (tertiary/aromatic N) is 2. The first-order chi connectivity index (χ1) is 4.92. The summed E-state index contributed by atoms with van der Waals surface area (Å²) < 4.78 is 0. The topological polar surface area (TPSA) is 36.1 Å². The first-order valence-corrected chi connectivity index (χ1v) is 3.88. The van der Waals surface area contributed by atoms with Crippen molar-refractivity contribution in [2.45, 2.75) is 25.7 Å². The molecule has 2 heteroatoms. The Morgan fingerprint density at radius 3 is 2.00 bits per heavy atom. The molecule has 0 spiro atoms. The number of rotatable bonds is 2. The van der Waals surface area contributed by atoms with Crippen molar-refractivity contribution in [3.8, 4) is 6.19 Å². The van der Waals surface area contributed by atoms with Crippen molar-refractivity contribution < 1.29 is 0 Å². The molecular weight excluding hydrogens is 124 g/mol. The van der Waals surface area contributed by atoms with E-state index < -0.39 is 0 Å². The van der Waals surface area contributed by atoms with Gasteiger partial charge < -0.3 is 0 Å². The highest BCUT2D eigenvalue weighted by atomic mass is 14.8. The Labute approximate surface area is 60.6 Å². The van der Waals surface area contributed by atoms with Gasteiger partial charge in [0, 0.05) is 5.71 Å². The van der Waals surface area contributed by atoms with Crippen molar-refractivity contribution in [3.63, 3.8) is 0 Å². The van der Waals surface area contributed by atoms with E-state index in [9.17, 15) is 0 Å². The van der Waals surface area contributed by atoms with Gasteiger partial charge in [-0.2, -0.15) is 10.3 Å². The largest absolute Gasteiger partial charge is 0.205 e. The van der Waals surface area contributed by atoms with Gasteiger partial charge in [0.2, 0.25) is 6.19 Å².